The fraction of sp³-hybridized carbons (Fsp3) is 0.521. The molecule has 2 aliphatic rings. The quantitative estimate of drug-likeness (QED) is 0.0475. The molecule has 0 radical (unpaired) electrons. The smallest absolute Gasteiger partial charge is 0.246 e. The van der Waals surface area contributed by atoms with Gasteiger partial charge in [0, 0.05) is 51.4 Å². The van der Waals surface area contributed by atoms with E-state index in [-0.39, 0.29) is 49.5 Å². The van der Waals surface area contributed by atoms with Gasteiger partial charge < -0.3 is 75.1 Å². The third-order valence-electron chi connectivity index (χ3n) is 12.1. The number of nitrogens with zero attached hydrogens (tertiary/aromatic N) is 2. The van der Waals surface area contributed by atoms with Crippen molar-refractivity contribution < 1.29 is 57.8 Å². The molecule has 0 saturated carbocycles. The Hall–Kier alpha value is -6.97. The molecular formula is C48H69N13O12S2. The molecule has 4 rings (SSSR count). The highest BCUT2D eigenvalue weighted by Gasteiger charge is 2.41. The van der Waals surface area contributed by atoms with E-state index in [1.807, 2.05) is 0 Å². The van der Waals surface area contributed by atoms with Crippen LogP contribution in [0.15, 0.2) is 54.6 Å². The molecular weight excluding hydrogens is 1010 g/mol. The van der Waals surface area contributed by atoms with E-state index in [0.717, 1.165) is 26.5 Å². The summed E-state index contributed by atoms with van der Waals surface area (Å²) in [5.74, 6) is -9.35. The average molecular weight is 1080 g/mol. The number of amides is 11. The van der Waals surface area contributed by atoms with Crippen molar-refractivity contribution in [2.24, 2.45) is 22.9 Å². The molecule has 0 aromatic heterocycles. The van der Waals surface area contributed by atoms with E-state index in [2.05, 4.69) is 37.2 Å². The van der Waals surface area contributed by atoms with Crippen molar-refractivity contribution in [1.82, 2.24) is 47.0 Å². The second-order valence-electron chi connectivity index (χ2n) is 18.3. The van der Waals surface area contributed by atoms with Gasteiger partial charge in [-0.05, 0) is 68.3 Å². The molecule has 25 nitrogen and oxygen atoms in total. The molecule has 0 spiro atoms. The molecule has 16 N–H and O–H groups in total. The zero-order chi connectivity index (χ0) is 55.2. The largest absolute Gasteiger partial charge is 0.508 e. The van der Waals surface area contributed by atoms with E-state index >= 15 is 0 Å². The standard InChI is InChI=1S/C48H69N13O12S2/c1-60(2)40(65)23-35-46(71)59-36(48(73)61-20-8-12-37(61)47(72)55-31(11-6-7-19-49)42(67)53-24-39(52)64)26-75-74-25-30(50)41(66)56-33(22-28-13-15-29(62)16-14-28)45(70)57-34(21-27-9-4-3-5-10-27)44(69)54-32(43(68)58-35)17-18-38(51)63/h3-5,9-10,13-16,30-37,62H,6-8,11-12,17-26,49-50H2,1-2H3,(H2,51,63)(H2,52,64)(H,53,67)(H,54,69)(H,55,72)(H,56,66)(H,57,70)(H,58,68)(H,59,71)/t30-,31-,32-,33-,34+,35-,36-,37-/m0/s1. The number of aromatic hydroxyl groups is 1. The molecule has 0 bridgehead atoms. The van der Waals surface area contributed by atoms with Crippen LogP contribution in [0, 0.1) is 0 Å². The SMILES string of the molecule is CN(C)C(=O)C[C@@H]1NC(=O)[C@H](CCC(N)=O)NC(=O)[C@@H](Cc2ccccc2)NC(=O)[C@H](Cc2ccc(O)cc2)NC(=O)[C@@H](N)CSSC[C@@H](C(=O)N2CCC[C@H]2C(=O)N[C@@H](CCCCN)C(=O)NCC(N)=O)NC1=O. The Labute approximate surface area is 442 Å². The fourth-order valence-corrected chi connectivity index (χ4v) is 10.2. The molecule has 75 heavy (non-hydrogen) atoms. The minimum atomic E-state index is -1.71. The van der Waals surface area contributed by atoms with Crippen molar-refractivity contribution in [2.45, 2.75) is 113 Å². The summed E-state index contributed by atoms with van der Waals surface area (Å²) in [7, 11) is 4.88. The fourth-order valence-electron chi connectivity index (χ4n) is 7.94. The number of phenols is 1. The first-order valence-corrected chi connectivity index (χ1v) is 26.8. The minimum absolute atomic E-state index is 0.0442. The molecule has 0 unspecified atom stereocenters. The maximum Gasteiger partial charge on any atom is 0.246 e. The summed E-state index contributed by atoms with van der Waals surface area (Å²) in [4.78, 5) is 152. The third-order valence-corrected chi connectivity index (χ3v) is 14.6. The van der Waals surface area contributed by atoms with Crippen LogP contribution in [0.25, 0.3) is 0 Å². The number of primary amides is 2. The lowest BCUT2D eigenvalue weighted by Crippen LogP contribution is -2.61. The van der Waals surface area contributed by atoms with Gasteiger partial charge in [0.25, 0.3) is 0 Å². The number of nitrogens with one attached hydrogen (secondary N) is 7. The topological polar surface area (TPSA) is 403 Å². The monoisotopic (exact) mass is 1080 g/mol. The van der Waals surface area contributed by atoms with Crippen molar-refractivity contribution in [3.63, 3.8) is 0 Å². The molecule has 2 aliphatic heterocycles. The number of benzene rings is 2. The molecule has 2 aromatic rings. The van der Waals surface area contributed by atoms with Crippen LogP contribution in [0.4, 0.5) is 0 Å². The number of phenolic OH excluding ortho intramolecular Hbond substituents is 1. The molecule has 2 fully saturated rings. The zero-order valence-corrected chi connectivity index (χ0v) is 43.5. The van der Waals surface area contributed by atoms with Crippen molar-refractivity contribution in [3.8, 4) is 5.75 Å². The van der Waals surface area contributed by atoms with E-state index in [4.69, 9.17) is 22.9 Å². The van der Waals surface area contributed by atoms with E-state index in [1.165, 1.54) is 43.3 Å². The Kier molecular flexibility index (Phi) is 24.6. The number of unbranched alkanes of at least 4 members (excludes halogenated alkanes) is 1. The van der Waals surface area contributed by atoms with E-state index < -0.39 is 139 Å². The van der Waals surface area contributed by atoms with Crippen LogP contribution in [-0.2, 0) is 65.6 Å². The Morgan fingerprint density at radius 2 is 1.32 bits per heavy atom. The molecule has 0 aliphatic carbocycles. The van der Waals surface area contributed by atoms with Crippen LogP contribution >= 0.6 is 21.6 Å². The van der Waals surface area contributed by atoms with Crippen molar-refractivity contribution in [3.05, 3.63) is 65.7 Å². The highest BCUT2D eigenvalue weighted by Crippen LogP contribution is 2.26. The number of carbonyl (C=O) groups excluding carboxylic acids is 11. The molecule has 11 amide bonds. The van der Waals surface area contributed by atoms with Gasteiger partial charge in [-0.1, -0.05) is 64.1 Å². The van der Waals surface area contributed by atoms with Gasteiger partial charge in [-0.25, -0.2) is 0 Å². The second kappa shape index (κ2) is 30.4. The number of rotatable bonds is 19. The highest BCUT2D eigenvalue weighted by atomic mass is 33.1. The predicted molar refractivity (Wildman–Crippen MR) is 278 cm³/mol. The van der Waals surface area contributed by atoms with E-state index in [1.54, 1.807) is 30.3 Å². The molecule has 2 heterocycles. The molecule has 2 saturated heterocycles. The highest BCUT2D eigenvalue weighted by molar-refractivity contribution is 8.76. The van der Waals surface area contributed by atoms with Gasteiger partial charge in [0.05, 0.1) is 19.0 Å². The molecule has 2 aromatic carbocycles. The van der Waals surface area contributed by atoms with Crippen molar-refractivity contribution in [1.29, 1.82) is 0 Å². The maximum absolute atomic E-state index is 14.7. The van der Waals surface area contributed by atoms with Crippen LogP contribution in [-0.4, -0.2) is 173 Å². The number of nitrogens with two attached hydrogens (primary N) is 4. The summed E-state index contributed by atoms with van der Waals surface area (Å²) >= 11 is 0. The Morgan fingerprint density at radius 3 is 1.93 bits per heavy atom. The number of hydrogen-bond acceptors (Lipinski definition) is 16. The van der Waals surface area contributed by atoms with E-state index in [0.29, 0.717) is 36.9 Å². The lowest BCUT2D eigenvalue weighted by Gasteiger charge is -2.31. The normalized spacial score (nSPS) is 22.7. The van der Waals surface area contributed by atoms with Crippen LogP contribution in [0.2, 0.25) is 0 Å². The summed E-state index contributed by atoms with van der Waals surface area (Å²) in [5.41, 5.74) is 23.8. The molecule has 27 heteroatoms. The predicted octanol–water partition coefficient (Wildman–Crippen LogP) is -3.73. The summed E-state index contributed by atoms with van der Waals surface area (Å²) in [6.45, 7) is -0.127. The van der Waals surface area contributed by atoms with Crippen LogP contribution in [0.5, 0.6) is 5.75 Å². The first kappa shape index (κ1) is 60.6. The lowest BCUT2D eigenvalue weighted by molar-refractivity contribution is -0.142. The van der Waals surface area contributed by atoms with Gasteiger partial charge in [-0.3, -0.25) is 52.7 Å². The van der Waals surface area contributed by atoms with Gasteiger partial charge in [-0.15, -0.1) is 0 Å². The Bertz CT molecular complexity index is 2350. The number of hydrogen-bond donors (Lipinski definition) is 12. The van der Waals surface area contributed by atoms with E-state index in [9.17, 15) is 57.8 Å². The van der Waals surface area contributed by atoms with Crippen LogP contribution in [0.3, 0.4) is 0 Å². The van der Waals surface area contributed by atoms with Crippen LogP contribution in [0.1, 0.15) is 62.5 Å². The first-order chi connectivity index (χ1) is 35.7. The van der Waals surface area contributed by atoms with Crippen LogP contribution < -0.4 is 60.2 Å². The second-order valence-corrected chi connectivity index (χ2v) is 20.8. The van der Waals surface area contributed by atoms with Crippen molar-refractivity contribution >= 4 is 86.6 Å². The van der Waals surface area contributed by atoms with Crippen molar-refractivity contribution in [2.75, 3.05) is 45.2 Å². The number of carbonyl (C=O) groups is 11. The van der Waals surface area contributed by atoms with Gasteiger partial charge in [0.1, 0.15) is 48.0 Å². The zero-order valence-electron chi connectivity index (χ0n) is 41.9. The Balaban J connectivity index is 1.74. The molecule has 8 atom stereocenters. The minimum Gasteiger partial charge on any atom is -0.508 e. The molecule has 410 valence electrons. The lowest BCUT2D eigenvalue weighted by atomic mass is 10.0. The summed E-state index contributed by atoms with van der Waals surface area (Å²) in [6, 6.07) is 3.32. The maximum atomic E-state index is 14.7. The van der Waals surface area contributed by atoms with Gasteiger partial charge in [-0.2, -0.15) is 0 Å². The van der Waals surface area contributed by atoms with Gasteiger partial charge in [0.15, 0.2) is 0 Å². The summed E-state index contributed by atoms with van der Waals surface area (Å²) in [5, 5.41) is 28.1. The Morgan fingerprint density at radius 1 is 0.747 bits per heavy atom. The first-order valence-electron chi connectivity index (χ1n) is 24.4. The van der Waals surface area contributed by atoms with Gasteiger partial charge in [0.2, 0.25) is 65.0 Å². The summed E-state index contributed by atoms with van der Waals surface area (Å²) in [6.07, 6.45) is -0.143. The number of likely N-dealkylation sites (tertiary alicyclic amines) is 1. The van der Waals surface area contributed by atoms with Gasteiger partial charge >= 0.3 is 0 Å². The summed E-state index contributed by atoms with van der Waals surface area (Å²) < 4.78 is 0. The third kappa shape index (κ3) is 20.0. The average Bonchev–Trinajstić information content (AvgIpc) is 3.87.